The Morgan fingerprint density at radius 3 is 2.56 bits per heavy atom. The van der Waals surface area contributed by atoms with E-state index in [4.69, 9.17) is 9.47 Å². The van der Waals surface area contributed by atoms with Crippen molar-refractivity contribution < 1.29 is 19.1 Å². The van der Waals surface area contributed by atoms with Crippen molar-refractivity contribution in [3.05, 3.63) is 52.5 Å². The molecular formula is C17H16BrN3O4. The van der Waals surface area contributed by atoms with Gasteiger partial charge in [0.1, 0.15) is 11.5 Å². The molecule has 0 aliphatic rings. The molecule has 2 aromatic rings. The monoisotopic (exact) mass is 405 g/mol. The highest BCUT2D eigenvalue weighted by molar-refractivity contribution is 9.10. The van der Waals surface area contributed by atoms with E-state index in [2.05, 4.69) is 31.8 Å². The third kappa shape index (κ3) is 5.32. The average Bonchev–Trinajstić information content (AvgIpc) is 2.62. The second kappa shape index (κ2) is 8.84. The number of hydrogen-bond acceptors (Lipinski definition) is 5. The first-order chi connectivity index (χ1) is 12.0. The van der Waals surface area contributed by atoms with Gasteiger partial charge in [-0.15, -0.1) is 0 Å². The number of anilines is 1. The maximum Gasteiger partial charge on any atom is 0.329 e. The van der Waals surface area contributed by atoms with Crippen LogP contribution in [0.2, 0.25) is 0 Å². The fraction of sp³-hybridized carbons (Fsp3) is 0.118. The van der Waals surface area contributed by atoms with E-state index in [9.17, 15) is 9.59 Å². The summed E-state index contributed by atoms with van der Waals surface area (Å²) in [6.07, 6.45) is 1.43. The van der Waals surface area contributed by atoms with Gasteiger partial charge in [-0.25, -0.2) is 5.43 Å². The smallest absolute Gasteiger partial charge is 0.329 e. The number of rotatable bonds is 5. The number of benzene rings is 2. The van der Waals surface area contributed by atoms with Crippen molar-refractivity contribution in [3.63, 3.8) is 0 Å². The molecule has 2 aromatic carbocycles. The molecule has 2 amide bonds. The highest BCUT2D eigenvalue weighted by atomic mass is 79.9. The van der Waals surface area contributed by atoms with E-state index in [1.54, 1.807) is 18.2 Å². The van der Waals surface area contributed by atoms with Gasteiger partial charge < -0.3 is 14.8 Å². The van der Waals surface area contributed by atoms with Crippen molar-refractivity contribution in [3.8, 4) is 11.5 Å². The third-order valence-corrected chi connectivity index (χ3v) is 3.58. The second-order valence-electron chi connectivity index (χ2n) is 4.77. The van der Waals surface area contributed by atoms with Gasteiger partial charge in [0.25, 0.3) is 0 Å². The minimum atomic E-state index is -0.899. The van der Waals surface area contributed by atoms with Crippen LogP contribution in [0.1, 0.15) is 5.56 Å². The Labute approximate surface area is 153 Å². The number of nitrogens with zero attached hydrogens (tertiary/aromatic N) is 1. The van der Waals surface area contributed by atoms with Crippen LogP contribution in [0, 0.1) is 0 Å². The Bertz CT molecular complexity index is 808. The summed E-state index contributed by atoms with van der Waals surface area (Å²) < 4.78 is 11.1. The van der Waals surface area contributed by atoms with Gasteiger partial charge in [0.2, 0.25) is 0 Å². The molecule has 2 rings (SSSR count). The van der Waals surface area contributed by atoms with Crippen LogP contribution < -0.4 is 20.2 Å². The highest BCUT2D eigenvalue weighted by Gasteiger charge is 2.15. The Kier molecular flexibility index (Phi) is 6.53. The molecule has 0 spiro atoms. The Hall–Kier alpha value is -2.87. The van der Waals surface area contributed by atoms with Gasteiger partial charge in [-0.1, -0.05) is 28.1 Å². The van der Waals surface area contributed by atoms with E-state index in [-0.39, 0.29) is 0 Å². The molecule has 0 radical (unpaired) electrons. The molecule has 0 aromatic heterocycles. The molecule has 0 atom stereocenters. The number of methoxy groups -OCH3 is 2. The molecule has 0 aliphatic carbocycles. The molecule has 0 heterocycles. The van der Waals surface area contributed by atoms with Crippen molar-refractivity contribution in [2.24, 2.45) is 5.10 Å². The largest absolute Gasteiger partial charge is 0.497 e. The molecule has 0 bridgehead atoms. The lowest BCUT2D eigenvalue weighted by Crippen LogP contribution is -2.32. The standard InChI is InChI=1S/C17H16BrN3O4/c1-24-13-6-7-14(15(9-13)25-2)20-16(22)17(23)21-19-10-11-4-3-5-12(18)8-11/h3-10H,1-2H3,(H,20,22)(H,21,23)/b19-10-. The zero-order valence-electron chi connectivity index (χ0n) is 13.6. The minimum Gasteiger partial charge on any atom is -0.497 e. The molecular weight excluding hydrogens is 390 g/mol. The number of nitrogens with one attached hydrogen (secondary N) is 2. The molecule has 8 heteroatoms. The lowest BCUT2D eigenvalue weighted by molar-refractivity contribution is -0.136. The maximum atomic E-state index is 11.9. The van der Waals surface area contributed by atoms with Gasteiger partial charge in [0.05, 0.1) is 26.1 Å². The van der Waals surface area contributed by atoms with Crippen LogP contribution in [0.3, 0.4) is 0 Å². The SMILES string of the molecule is COc1ccc(NC(=O)C(=O)N/N=C\c2cccc(Br)c2)c(OC)c1. The summed E-state index contributed by atoms with van der Waals surface area (Å²) in [7, 11) is 2.97. The van der Waals surface area contributed by atoms with E-state index >= 15 is 0 Å². The fourth-order valence-electron chi connectivity index (χ4n) is 1.88. The van der Waals surface area contributed by atoms with Gasteiger partial charge in [0.15, 0.2) is 0 Å². The van der Waals surface area contributed by atoms with E-state index in [1.807, 2.05) is 24.3 Å². The van der Waals surface area contributed by atoms with E-state index < -0.39 is 11.8 Å². The van der Waals surface area contributed by atoms with Gasteiger partial charge in [-0.05, 0) is 29.8 Å². The topological polar surface area (TPSA) is 89.0 Å². The summed E-state index contributed by atoms with van der Waals surface area (Å²) in [5.74, 6) is -0.824. The first kappa shape index (κ1) is 18.5. The van der Waals surface area contributed by atoms with Crippen LogP contribution in [0.5, 0.6) is 11.5 Å². The summed E-state index contributed by atoms with van der Waals surface area (Å²) in [4.78, 5) is 23.8. The molecule has 0 saturated heterocycles. The van der Waals surface area contributed by atoms with Crippen LogP contribution in [-0.2, 0) is 9.59 Å². The van der Waals surface area contributed by atoms with Crippen LogP contribution in [-0.4, -0.2) is 32.2 Å². The molecule has 0 aliphatic heterocycles. The molecule has 7 nitrogen and oxygen atoms in total. The highest BCUT2D eigenvalue weighted by Crippen LogP contribution is 2.28. The van der Waals surface area contributed by atoms with Crippen LogP contribution >= 0.6 is 15.9 Å². The number of amides is 2. The van der Waals surface area contributed by atoms with Crippen molar-refractivity contribution >= 4 is 39.6 Å². The Morgan fingerprint density at radius 1 is 1.08 bits per heavy atom. The van der Waals surface area contributed by atoms with Gasteiger partial charge in [0, 0.05) is 10.5 Å². The third-order valence-electron chi connectivity index (χ3n) is 3.09. The normalized spacial score (nSPS) is 10.4. The second-order valence-corrected chi connectivity index (χ2v) is 5.69. The van der Waals surface area contributed by atoms with Crippen molar-refractivity contribution in [1.29, 1.82) is 0 Å². The van der Waals surface area contributed by atoms with Gasteiger partial charge in [-0.2, -0.15) is 5.10 Å². The number of carbonyl (C=O) groups excluding carboxylic acids is 2. The zero-order valence-corrected chi connectivity index (χ0v) is 15.2. The number of halogens is 1. The number of ether oxygens (including phenoxy) is 2. The van der Waals surface area contributed by atoms with E-state index in [1.165, 1.54) is 20.4 Å². The average molecular weight is 406 g/mol. The molecule has 0 saturated carbocycles. The summed E-state index contributed by atoms with van der Waals surface area (Å²) >= 11 is 3.33. The lowest BCUT2D eigenvalue weighted by Gasteiger charge is -2.10. The quantitative estimate of drug-likeness (QED) is 0.454. The van der Waals surface area contributed by atoms with Crippen molar-refractivity contribution in [1.82, 2.24) is 5.43 Å². The molecule has 2 N–H and O–H groups in total. The van der Waals surface area contributed by atoms with E-state index in [0.717, 1.165) is 10.0 Å². The molecule has 0 fully saturated rings. The van der Waals surface area contributed by atoms with Crippen LogP contribution in [0.25, 0.3) is 0 Å². The minimum absolute atomic E-state index is 0.347. The molecule has 130 valence electrons. The number of hydrazone groups is 1. The zero-order chi connectivity index (χ0) is 18.2. The summed E-state index contributed by atoms with van der Waals surface area (Å²) in [5.41, 5.74) is 3.29. The Balaban J connectivity index is 1.97. The Morgan fingerprint density at radius 2 is 1.88 bits per heavy atom. The summed E-state index contributed by atoms with van der Waals surface area (Å²) in [5, 5.41) is 6.22. The van der Waals surface area contributed by atoms with Crippen LogP contribution in [0.4, 0.5) is 5.69 Å². The van der Waals surface area contributed by atoms with Gasteiger partial charge in [-0.3, -0.25) is 9.59 Å². The lowest BCUT2D eigenvalue weighted by atomic mass is 10.2. The number of hydrogen-bond donors (Lipinski definition) is 2. The predicted molar refractivity (Wildman–Crippen MR) is 98.1 cm³/mol. The van der Waals surface area contributed by atoms with Gasteiger partial charge >= 0.3 is 11.8 Å². The number of carbonyl (C=O) groups is 2. The van der Waals surface area contributed by atoms with Crippen molar-refractivity contribution in [2.45, 2.75) is 0 Å². The first-order valence-corrected chi connectivity index (χ1v) is 7.94. The molecule has 0 unspecified atom stereocenters. The predicted octanol–water partition coefficient (Wildman–Crippen LogP) is 2.56. The summed E-state index contributed by atoms with van der Waals surface area (Å²) in [6.45, 7) is 0. The maximum absolute atomic E-state index is 11.9. The fourth-order valence-corrected chi connectivity index (χ4v) is 2.30. The molecule has 25 heavy (non-hydrogen) atoms. The van der Waals surface area contributed by atoms with Crippen molar-refractivity contribution in [2.75, 3.05) is 19.5 Å². The summed E-state index contributed by atoms with van der Waals surface area (Å²) in [6, 6.07) is 12.1. The van der Waals surface area contributed by atoms with Crippen LogP contribution in [0.15, 0.2) is 52.0 Å². The first-order valence-electron chi connectivity index (χ1n) is 7.15. The van der Waals surface area contributed by atoms with E-state index in [0.29, 0.717) is 17.2 Å².